The van der Waals surface area contributed by atoms with E-state index < -0.39 is 5.92 Å². The number of H-pyrrole nitrogens is 1. The first-order chi connectivity index (χ1) is 13.5. The summed E-state index contributed by atoms with van der Waals surface area (Å²) in [6, 6.07) is 9.81. The van der Waals surface area contributed by atoms with Crippen LogP contribution in [0.25, 0.3) is 27.8 Å². The average Bonchev–Trinajstić information content (AvgIpc) is 3.31. The lowest BCUT2D eigenvalue weighted by Gasteiger charge is -2.35. The van der Waals surface area contributed by atoms with Crippen LogP contribution in [0.15, 0.2) is 42.7 Å². The fourth-order valence-corrected chi connectivity index (χ4v) is 4.04. The number of nitrogens with one attached hydrogen (secondary N) is 1. The highest BCUT2D eigenvalue weighted by Crippen LogP contribution is 2.38. The number of rotatable bonds is 3. The quantitative estimate of drug-likeness (QED) is 0.574. The predicted octanol–water partition coefficient (Wildman–Crippen LogP) is 4.29. The first-order valence-corrected chi connectivity index (χ1v) is 9.40. The molecule has 0 saturated heterocycles. The number of aromatic nitrogens is 5. The maximum atomic E-state index is 13.6. The van der Waals surface area contributed by atoms with Crippen LogP contribution in [0.3, 0.4) is 0 Å². The topological polar surface area (TPSA) is 62.1 Å². The smallest absolute Gasteiger partial charge is 0.248 e. The van der Waals surface area contributed by atoms with Crippen molar-refractivity contribution in [2.45, 2.75) is 37.6 Å². The van der Waals surface area contributed by atoms with Crippen LogP contribution in [-0.2, 0) is 0 Å². The molecule has 8 heteroatoms. The molecule has 3 heterocycles. The second-order valence-electron chi connectivity index (χ2n) is 7.45. The summed E-state index contributed by atoms with van der Waals surface area (Å²) >= 11 is 0. The summed E-state index contributed by atoms with van der Waals surface area (Å²) in [7, 11) is 1.94. The molecule has 28 heavy (non-hydrogen) atoms. The normalized spacial score (nSPS) is 17.4. The van der Waals surface area contributed by atoms with Gasteiger partial charge in [0.15, 0.2) is 11.5 Å². The fraction of sp³-hybridized carbons (Fsp3) is 0.350. The minimum atomic E-state index is -2.55. The monoisotopic (exact) mass is 382 g/mol. The van der Waals surface area contributed by atoms with Crippen LogP contribution in [-0.4, -0.2) is 43.8 Å². The Balaban J connectivity index is 1.61. The highest BCUT2D eigenvalue weighted by Gasteiger charge is 2.37. The van der Waals surface area contributed by atoms with Gasteiger partial charge in [0.2, 0.25) is 5.92 Å². The Morgan fingerprint density at radius 1 is 1.21 bits per heavy atom. The predicted molar refractivity (Wildman–Crippen MR) is 104 cm³/mol. The van der Waals surface area contributed by atoms with Crippen molar-refractivity contribution in [2.75, 3.05) is 11.9 Å². The van der Waals surface area contributed by atoms with Gasteiger partial charge >= 0.3 is 0 Å². The molecule has 144 valence electrons. The molecule has 1 fully saturated rings. The van der Waals surface area contributed by atoms with Crippen molar-refractivity contribution in [2.24, 2.45) is 0 Å². The van der Waals surface area contributed by atoms with E-state index in [1.165, 1.54) is 0 Å². The first-order valence-electron chi connectivity index (χ1n) is 9.40. The van der Waals surface area contributed by atoms with Crippen molar-refractivity contribution in [3.63, 3.8) is 0 Å². The number of aromatic amines is 1. The highest BCUT2D eigenvalue weighted by atomic mass is 19.3. The van der Waals surface area contributed by atoms with Crippen molar-refractivity contribution in [3.8, 4) is 11.3 Å². The number of imidazole rings is 1. The Morgan fingerprint density at radius 3 is 2.86 bits per heavy atom. The number of nitrogens with zero attached hydrogens (tertiary/aromatic N) is 5. The van der Waals surface area contributed by atoms with Crippen LogP contribution in [0.5, 0.6) is 0 Å². The van der Waals surface area contributed by atoms with Crippen molar-refractivity contribution in [1.82, 2.24) is 24.8 Å². The van der Waals surface area contributed by atoms with Crippen LogP contribution in [0, 0.1) is 0 Å². The Kier molecular flexibility index (Phi) is 3.82. The number of anilines is 1. The molecule has 0 atom stereocenters. The van der Waals surface area contributed by atoms with Gasteiger partial charge in [0.25, 0.3) is 0 Å². The van der Waals surface area contributed by atoms with E-state index in [1.54, 1.807) is 16.9 Å². The number of hydrogen-bond acceptors (Lipinski definition) is 4. The number of alkyl halides is 2. The van der Waals surface area contributed by atoms with Gasteiger partial charge in [-0.1, -0.05) is 12.1 Å². The third-order valence-corrected chi connectivity index (χ3v) is 5.66. The summed E-state index contributed by atoms with van der Waals surface area (Å²) in [4.78, 5) is 6.82. The number of fused-ring (bicyclic) bond motifs is 2. The van der Waals surface area contributed by atoms with E-state index in [-0.39, 0.29) is 18.9 Å². The van der Waals surface area contributed by atoms with Gasteiger partial charge in [-0.15, -0.1) is 0 Å². The zero-order valence-corrected chi connectivity index (χ0v) is 15.4. The molecule has 1 aliphatic rings. The Hall–Kier alpha value is -3.03. The molecule has 0 radical (unpaired) electrons. The summed E-state index contributed by atoms with van der Waals surface area (Å²) in [6.07, 6.45) is 4.23. The van der Waals surface area contributed by atoms with E-state index in [9.17, 15) is 8.78 Å². The van der Waals surface area contributed by atoms with E-state index in [2.05, 4.69) is 15.3 Å². The molecule has 0 aliphatic heterocycles. The lowest BCUT2D eigenvalue weighted by molar-refractivity contribution is -0.0378. The van der Waals surface area contributed by atoms with Crippen LogP contribution < -0.4 is 4.90 Å². The third-order valence-electron chi connectivity index (χ3n) is 5.66. The molecule has 5 rings (SSSR count). The van der Waals surface area contributed by atoms with E-state index in [0.29, 0.717) is 12.8 Å². The van der Waals surface area contributed by atoms with Crippen molar-refractivity contribution >= 4 is 22.4 Å². The van der Waals surface area contributed by atoms with Gasteiger partial charge in [-0.25, -0.2) is 18.3 Å². The molecule has 1 N–H and O–H groups in total. The van der Waals surface area contributed by atoms with Gasteiger partial charge in [-0.05, 0) is 31.0 Å². The summed E-state index contributed by atoms with van der Waals surface area (Å²) in [5.74, 6) is -1.79. The molecule has 1 aliphatic carbocycles. The first kappa shape index (κ1) is 17.1. The van der Waals surface area contributed by atoms with Crippen LogP contribution in [0.4, 0.5) is 14.6 Å². The third kappa shape index (κ3) is 2.80. The Bertz CT molecular complexity index is 1140. The van der Waals surface area contributed by atoms with E-state index in [0.717, 1.165) is 33.6 Å². The molecule has 4 aromatic rings. The fourth-order valence-electron chi connectivity index (χ4n) is 4.04. The summed E-state index contributed by atoms with van der Waals surface area (Å²) in [6.45, 7) is 0. The molecule has 1 saturated carbocycles. The maximum Gasteiger partial charge on any atom is 0.248 e. The molecule has 3 aromatic heterocycles. The standard InChI is InChI=1S/C20H20F2N6/c1-27(15-6-8-20(21,22)9-7-15)19-18(28-17(25-19)3-2-10-24-28)13-4-5-14-12-23-26-16(14)11-13/h2-5,10-12,15H,6-9H2,1H3,(H,23,26). The van der Waals surface area contributed by atoms with Crippen LogP contribution >= 0.6 is 0 Å². The number of halogens is 2. The van der Waals surface area contributed by atoms with E-state index in [4.69, 9.17) is 4.98 Å². The summed E-state index contributed by atoms with van der Waals surface area (Å²) in [5, 5.41) is 12.6. The average molecular weight is 382 g/mol. The molecule has 0 unspecified atom stereocenters. The second-order valence-corrected chi connectivity index (χ2v) is 7.45. The lowest BCUT2D eigenvalue weighted by atomic mass is 9.91. The van der Waals surface area contributed by atoms with Crippen molar-refractivity contribution in [1.29, 1.82) is 0 Å². The molecular weight excluding hydrogens is 362 g/mol. The van der Waals surface area contributed by atoms with Crippen LogP contribution in [0.2, 0.25) is 0 Å². The SMILES string of the molecule is CN(c1nc2cccnn2c1-c1ccc2cn[nH]c2c1)C1CCC(F)(F)CC1. The van der Waals surface area contributed by atoms with Crippen molar-refractivity contribution in [3.05, 3.63) is 42.7 Å². The van der Waals surface area contributed by atoms with Gasteiger partial charge in [-0.2, -0.15) is 10.2 Å². The Labute approximate surface area is 160 Å². The molecule has 1 aromatic carbocycles. The second kappa shape index (κ2) is 6.25. The van der Waals surface area contributed by atoms with Gasteiger partial charge in [0.05, 0.1) is 11.7 Å². The van der Waals surface area contributed by atoms with Gasteiger partial charge in [-0.3, -0.25) is 5.10 Å². The number of benzene rings is 1. The van der Waals surface area contributed by atoms with Crippen molar-refractivity contribution < 1.29 is 8.78 Å². The molecule has 0 bridgehead atoms. The summed E-state index contributed by atoms with van der Waals surface area (Å²) < 4.78 is 29.0. The minimum Gasteiger partial charge on any atom is -0.355 e. The van der Waals surface area contributed by atoms with Gasteiger partial charge in [0, 0.05) is 43.1 Å². The Morgan fingerprint density at radius 2 is 2.04 bits per heavy atom. The zero-order chi connectivity index (χ0) is 19.3. The number of hydrogen-bond donors (Lipinski definition) is 1. The highest BCUT2D eigenvalue weighted by molar-refractivity contribution is 5.86. The van der Waals surface area contributed by atoms with E-state index in [1.807, 2.05) is 42.3 Å². The van der Waals surface area contributed by atoms with Crippen LogP contribution in [0.1, 0.15) is 25.7 Å². The molecule has 0 spiro atoms. The maximum absolute atomic E-state index is 13.6. The largest absolute Gasteiger partial charge is 0.355 e. The zero-order valence-electron chi connectivity index (χ0n) is 15.4. The van der Waals surface area contributed by atoms with Gasteiger partial charge < -0.3 is 4.90 Å². The minimum absolute atomic E-state index is 0.0270. The van der Waals surface area contributed by atoms with E-state index >= 15 is 0 Å². The van der Waals surface area contributed by atoms with Gasteiger partial charge in [0.1, 0.15) is 5.69 Å². The lowest BCUT2D eigenvalue weighted by Crippen LogP contribution is -2.38. The molecular formula is C20H20F2N6. The molecule has 0 amide bonds. The summed E-state index contributed by atoms with van der Waals surface area (Å²) in [5.41, 5.74) is 3.46. The molecule has 6 nitrogen and oxygen atoms in total.